The van der Waals surface area contributed by atoms with Crippen LogP contribution < -0.4 is 10.2 Å². The molecule has 0 fully saturated rings. The predicted octanol–water partition coefficient (Wildman–Crippen LogP) is 4.55. The summed E-state index contributed by atoms with van der Waals surface area (Å²) in [7, 11) is 4.10. The number of nitrogens with zero attached hydrogens (tertiary/aromatic N) is 1. The summed E-state index contributed by atoms with van der Waals surface area (Å²) in [4.78, 5) is 2.25. The Labute approximate surface area is 129 Å². The van der Waals surface area contributed by atoms with Crippen molar-refractivity contribution in [1.82, 2.24) is 5.32 Å². The molecule has 0 unspecified atom stereocenters. The molecule has 0 heterocycles. The minimum atomic E-state index is 0.859. The number of nitrogens with one attached hydrogen (secondary N) is 1. The van der Waals surface area contributed by atoms with Crippen LogP contribution in [-0.4, -0.2) is 14.1 Å². The van der Waals surface area contributed by atoms with Gasteiger partial charge in [0.1, 0.15) is 0 Å². The third-order valence-corrected chi connectivity index (χ3v) is 3.86. The second-order valence-electron chi connectivity index (χ2n) is 5.21. The van der Waals surface area contributed by atoms with Gasteiger partial charge in [-0.05, 0) is 61.9 Å². The number of anilines is 2. The molecule has 2 aromatic carbocycles. The Morgan fingerprint density at radius 3 is 2.30 bits per heavy atom. The lowest BCUT2D eigenvalue weighted by atomic mass is 10.1. The summed E-state index contributed by atoms with van der Waals surface area (Å²) >= 11 is 3.57. The van der Waals surface area contributed by atoms with Gasteiger partial charge in [-0.2, -0.15) is 0 Å². The molecule has 20 heavy (non-hydrogen) atoms. The summed E-state index contributed by atoms with van der Waals surface area (Å²) in [5, 5.41) is 3.23. The van der Waals surface area contributed by atoms with Crippen molar-refractivity contribution in [2.45, 2.75) is 20.4 Å². The van der Waals surface area contributed by atoms with Gasteiger partial charge in [0, 0.05) is 29.4 Å². The van der Waals surface area contributed by atoms with E-state index in [1.165, 1.54) is 28.1 Å². The van der Waals surface area contributed by atoms with Crippen LogP contribution in [0.1, 0.15) is 16.7 Å². The van der Waals surface area contributed by atoms with E-state index in [1.54, 1.807) is 0 Å². The molecule has 0 saturated heterocycles. The SMILES string of the molecule is CNCc1ccc(Br)cc1N(C)c1cc(C)cc(C)c1. The zero-order valence-electron chi connectivity index (χ0n) is 12.5. The normalized spacial score (nSPS) is 10.7. The summed E-state index contributed by atoms with van der Waals surface area (Å²) in [6.45, 7) is 5.14. The Balaban J connectivity index is 2.46. The van der Waals surface area contributed by atoms with Crippen molar-refractivity contribution < 1.29 is 0 Å². The molecule has 0 saturated carbocycles. The van der Waals surface area contributed by atoms with Crippen molar-refractivity contribution in [2.24, 2.45) is 0 Å². The van der Waals surface area contributed by atoms with E-state index in [0.717, 1.165) is 11.0 Å². The van der Waals surface area contributed by atoms with E-state index in [2.05, 4.69) is 83.4 Å². The van der Waals surface area contributed by atoms with Crippen LogP contribution in [0.4, 0.5) is 11.4 Å². The zero-order valence-corrected chi connectivity index (χ0v) is 14.1. The molecule has 0 aliphatic carbocycles. The summed E-state index contributed by atoms with van der Waals surface area (Å²) in [6.07, 6.45) is 0. The Morgan fingerprint density at radius 1 is 1.05 bits per heavy atom. The van der Waals surface area contributed by atoms with E-state index >= 15 is 0 Å². The van der Waals surface area contributed by atoms with Crippen molar-refractivity contribution in [2.75, 3.05) is 19.0 Å². The third kappa shape index (κ3) is 3.41. The number of benzene rings is 2. The van der Waals surface area contributed by atoms with E-state index in [9.17, 15) is 0 Å². The fourth-order valence-electron chi connectivity index (χ4n) is 2.47. The van der Waals surface area contributed by atoms with Gasteiger partial charge in [-0.1, -0.05) is 28.1 Å². The van der Waals surface area contributed by atoms with Crippen LogP contribution >= 0.6 is 15.9 Å². The van der Waals surface area contributed by atoms with Crippen molar-refractivity contribution in [3.8, 4) is 0 Å². The highest BCUT2D eigenvalue weighted by molar-refractivity contribution is 9.10. The van der Waals surface area contributed by atoms with Crippen LogP contribution in [0.15, 0.2) is 40.9 Å². The first-order valence-corrected chi connectivity index (χ1v) is 7.55. The smallest absolute Gasteiger partial charge is 0.0465 e. The van der Waals surface area contributed by atoms with E-state index in [1.807, 2.05) is 7.05 Å². The maximum absolute atomic E-state index is 3.57. The van der Waals surface area contributed by atoms with E-state index in [-0.39, 0.29) is 0 Å². The van der Waals surface area contributed by atoms with Gasteiger partial charge in [-0.15, -0.1) is 0 Å². The number of halogens is 1. The molecular weight excluding hydrogens is 312 g/mol. The van der Waals surface area contributed by atoms with Gasteiger partial charge in [0.15, 0.2) is 0 Å². The standard InChI is InChI=1S/C17H21BrN2/c1-12-7-13(2)9-16(8-12)20(4)17-10-15(18)6-5-14(17)11-19-3/h5-10,19H,11H2,1-4H3. The topological polar surface area (TPSA) is 15.3 Å². The van der Waals surface area contributed by atoms with Crippen molar-refractivity contribution in [3.63, 3.8) is 0 Å². The van der Waals surface area contributed by atoms with Gasteiger partial charge < -0.3 is 10.2 Å². The Bertz CT molecular complexity index is 588. The van der Waals surface area contributed by atoms with Crippen molar-refractivity contribution in [1.29, 1.82) is 0 Å². The lowest BCUT2D eigenvalue weighted by molar-refractivity contribution is 0.815. The highest BCUT2D eigenvalue weighted by Crippen LogP contribution is 2.31. The first kappa shape index (κ1) is 15.1. The van der Waals surface area contributed by atoms with E-state index < -0.39 is 0 Å². The molecule has 2 nitrogen and oxygen atoms in total. The molecule has 0 amide bonds. The van der Waals surface area contributed by atoms with Crippen molar-refractivity contribution >= 4 is 27.3 Å². The molecule has 106 valence electrons. The van der Waals surface area contributed by atoms with Crippen LogP contribution in [-0.2, 0) is 6.54 Å². The second kappa shape index (κ2) is 6.42. The Kier molecular flexibility index (Phi) is 4.84. The van der Waals surface area contributed by atoms with Crippen LogP contribution in [0.25, 0.3) is 0 Å². The van der Waals surface area contributed by atoms with Crippen LogP contribution in [0.5, 0.6) is 0 Å². The van der Waals surface area contributed by atoms with Crippen LogP contribution in [0.3, 0.4) is 0 Å². The number of hydrogen-bond donors (Lipinski definition) is 1. The zero-order chi connectivity index (χ0) is 14.7. The lowest BCUT2D eigenvalue weighted by Gasteiger charge is -2.24. The lowest BCUT2D eigenvalue weighted by Crippen LogP contribution is -2.15. The number of hydrogen-bond acceptors (Lipinski definition) is 2. The molecule has 1 N–H and O–H groups in total. The molecule has 0 aliphatic heterocycles. The van der Waals surface area contributed by atoms with Crippen LogP contribution in [0, 0.1) is 13.8 Å². The van der Waals surface area contributed by atoms with Gasteiger partial charge in [0.2, 0.25) is 0 Å². The third-order valence-electron chi connectivity index (χ3n) is 3.37. The highest BCUT2D eigenvalue weighted by Gasteiger charge is 2.10. The first-order valence-electron chi connectivity index (χ1n) is 6.76. The maximum Gasteiger partial charge on any atom is 0.0465 e. The number of rotatable bonds is 4. The fraction of sp³-hybridized carbons (Fsp3) is 0.294. The molecule has 0 aromatic heterocycles. The average molecular weight is 333 g/mol. The van der Waals surface area contributed by atoms with Gasteiger partial charge in [-0.25, -0.2) is 0 Å². The maximum atomic E-state index is 3.57. The van der Waals surface area contributed by atoms with Gasteiger partial charge in [0.05, 0.1) is 0 Å². The largest absolute Gasteiger partial charge is 0.344 e. The van der Waals surface area contributed by atoms with Crippen LogP contribution in [0.2, 0.25) is 0 Å². The second-order valence-corrected chi connectivity index (χ2v) is 6.12. The quantitative estimate of drug-likeness (QED) is 0.883. The van der Waals surface area contributed by atoms with E-state index in [0.29, 0.717) is 0 Å². The van der Waals surface area contributed by atoms with E-state index in [4.69, 9.17) is 0 Å². The number of aryl methyl sites for hydroxylation is 2. The Hall–Kier alpha value is -1.32. The monoisotopic (exact) mass is 332 g/mol. The molecule has 0 radical (unpaired) electrons. The highest BCUT2D eigenvalue weighted by atomic mass is 79.9. The van der Waals surface area contributed by atoms with Gasteiger partial charge >= 0.3 is 0 Å². The Morgan fingerprint density at radius 2 is 1.70 bits per heavy atom. The summed E-state index contributed by atoms with van der Waals surface area (Å²) < 4.78 is 1.10. The minimum Gasteiger partial charge on any atom is -0.344 e. The minimum absolute atomic E-state index is 0.859. The molecule has 2 aromatic rings. The van der Waals surface area contributed by atoms with Gasteiger partial charge in [0.25, 0.3) is 0 Å². The average Bonchev–Trinajstić information content (AvgIpc) is 2.39. The fourth-order valence-corrected chi connectivity index (χ4v) is 2.82. The summed E-state index contributed by atoms with van der Waals surface area (Å²) in [5.74, 6) is 0. The predicted molar refractivity (Wildman–Crippen MR) is 90.9 cm³/mol. The molecule has 2 rings (SSSR count). The molecule has 3 heteroatoms. The van der Waals surface area contributed by atoms with Gasteiger partial charge in [-0.3, -0.25) is 0 Å². The first-order chi connectivity index (χ1) is 9.51. The molecule has 0 bridgehead atoms. The molecule has 0 atom stereocenters. The van der Waals surface area contributed by atoms with Crippen molar-refractivity contribution in [3.05, 3.63) is 57.6 Å². The summed E-state index contributed by atoms with van der Waals surface area (Å²) in [5.41, 5.74) is 6.31. The molecule has 0 aliphatic rings. The molecule has 0 spiro atoms. The molecular formula is C17H21BrN2. The summed E-state index contributed by atoms with van der Waals surface area (Å²) in [6, 6.07) is 13.1.